The van der Waals surface area contributed by atoms with Crippen molar-refractivity contribution in [1.82, 2.24) is 29.9 Å². The van der Waals surface area contributed by atoms with Gasteiger partial charge in [0.05, 0.1) is 34.6 Å². The summed E-state index contributed by atoms with van der Waals surface area (Å²) in [4.78, 5) is 35.4. The summed E-state index contributed by atoms with van der Waals surface area (Å²) < 4.78 is 2.55. The molecule has 2 amide bonds. The fraction of sp³-hybridized carbons (Fsp3) is 0.348. The van der Waals surface area contributed by atoms with Crippen LogP contribution in [0, 0.1) is 13.8 Å². The Labute approximate surface area is 330 Å². The predicted octanol–water partition coefficient (Wildman–Crippen LogP) is 8.70. The van der Waals surface area contributed by atoms with Gasteiger partial charge in [0, 0.05) is 68.7 Å². The summed E-state index contributed by atoms with van der Waals surface area (Å²) in [6.07, 6.45) is 6.08. The summed E-state index contributed by atoms with van der Waals surface area (Å²) in [6, 6.07) is 15.9. The Hall–Kier alpha value is -6.10. The third kappa shape index (κ3) is 4.48. The lowest BCUT2D eigenvalue weighted by Crippen LogP contribution is -2.39. The van der Waals surface area contributed by atoms with Gasteiger partial charge in [0.15, 0.2) is 0 Å². The van der Waals surface area contributed by atoms with Crippen LogP contribution >= 0.6 is 0 Å². The molecule has 11 rings (SSSR count). The van der Waals surface area contributed by atoms with E-state index in [2.05, 4.69) is 78.6 Å². The Balaban J connectivity index is 1.16. The molecule has 0 bridgehead atoms. The number of amides is 2. The zero-order valence-electron chi connectivity index (χ0n) is 33.1. The highest BCUT2D eigenvalue weighted by Crippen LogP contribution is 2.52. The number of anilines is 3. The van der Waals surface area contributed by atoms with Crippen molar-refractivity contribution in [1.29, 1.82) is 0 Å². The number of carbonyl (C=O) groups excluding carboxylic acids is 2. The molecule has 6 heterocycles. The molecule has 288 valence electrons. The van der Waals surface area contributed by atoms with Crippen molar-refractivity contribution in [3.8, 4) is 28.5 Å². The first-order chi connectivity index (χ1) is 27.6. The predicted molar refractivity (Wildman–Crippen MR) is 223 cm³/mol. The van der Waals surface area contributed by atoms with Gasteiger partial charge in [-0.05, 0) is 124 Å². The lowest BCUT2D eigenvalue weighted by molar-refractivity contribution is -0.123. The largest absolute Gasteiger partial charge is 0.508 e. The molecule has 11 heteroatoms. The molecule has 0 radical (unpaired) electrons. The second-order valence-corrected chi connectivity index (χ2v) is 16.6. The van der Waals surface area contributed by atoms with Crippen LogP contribution in [-0.4, -0.2) is 53.4 Å². The van der Waals surface area contributed by atoms with E-state index < -0.39 is 5.41 Å². The molecule has 1 unspecified atom stereocenters. The number of aromatic hydroxyl groups is 1. The molecule has 0 saturated carbocycles. The van der Waals surface area contributed by atoms with E-state index >= 15 is 0 Å². The van der Waals surface area contributed by atoms with Gasteiger partial charge < -0.3 is 19.6 Å². The van der Waals surface area contributed by atoms with E-state index in [1.807, 2.05) is 11.0 Å². The Morgan fingerprint density at radius 3 is 2.35 bits per heavy atom. The summed E-state index contributed by atoms with van der Waals surface area (Å²) in [5.74, 6) is 0.321. The maximum atomic E-state index is 14.1. The van der Waals surface area contributed by atoms with Crippen molar-refractivity contribution >= 4 is 50.7 Å². The third-order valence-electron chi connectivity index (χ3n) is 13.9. The molecule has 7 aromatic rings. The van der Waals surface area contributed by atoms with Crippen molar-refractivity contribution in [2.45, 2.75) is 97.4 Å². The molecule has 4 aliphatic rings. The van der Waals surface area contributed by atoms with E-state index in [0.29, 0.717) is 12.2 Å². The summed E-state index contributed by atoms with van der Waals surface area (Å²) in [6.45, 7) is 11.2. The smallest absolute Gasteiger partial charge is 0.237 e. The van der Waals surface area contributed by atoms with Crippen LogP contribution in [0.5, 0.6) is 5.75 Å². The van der Waals surface area contributed by atoms with Crippen LogP contribution in [0.25, 0.3) is 44.6 Å². The highest BCUT2D eigenvalue weighted by Gasteiger charge is 2.48. The van der Waals surface area contributed by atoms with E-state index in [1.165, 1.54) is 22.3 Å². The second kappa shape index (κ2) is 12.0. The normalized spacial score (nSPS) is 18.1. The number of nitrogens with one attached hydrogen (secondary N) is 3. The minimum atomic E-state index is -0.530. The van der Waals surface area contributed by atoms with E-state index in [1.54, 1.807) is 23.1 Å². The van der Waals surface area contributed by atoms with Crippen LogP contribution < -0.4 is 9.80 Å². The average molecular weight is 759 g/mol. The molecule has 57 heavy (non-hydrogen) atoms. The molecule has 1 atom stereocenters. The number of fused-ring (bicyclic) bond motifs is 12. The number of nitrogens with zero attached hydrogens (tertiary/aromatic N) is 5. The number of hydrogen-bond donors (Lipinski definition) is 4. The number of likely N-dealkylation sites (N-methyl/N-ethyl adjacent to an activating group) is 1. The number of phenolic OH excluding ortho intramolecular Hbond substituents is 1. The number of phenols is 1. The lowest BCUT2D eigenvalue weighted by atomic mass is 9.76. The molecule has 0 spiro atoms. The molecule has 4 aromatic heterocycles. The number of aromatic nitrogens is 6. The van der Waals surface area contributed by atoms with Gasteiger partial charge in [-0.15, -0.1) is 0 Å². The topological polar surface area (TPSA) is 139 Å². The van der Waals surface area contributed by atoms with Gasteiger partial charge in [-0.25, -0.2) is 0 Å². The zero-order chi connectivity index (χ0) is 39.1. The first-order valence-corrected chi connectivity index (χ1v) is 20.6. The van der Waals surface area contributed by atoms with Crippen LogP contribution in [0.15, 0.2) is 48.5 Å². The Bertz CT molecular complexity index is 2880. The lowest BCUT2D eigenvalue weighted by Gasteiger charge is -2.25. The highest BCUT2D eigenvalue weighted by molar-refractivity contribution is 6.12. The highest BCUT2D eigenvalue weighted by atomic mass is 16.3. The van der Waals surface area contributed by atoms with E-state index in [-0.39, 0.29) is 30.0 Å². The summed E-state index contributed by atoms with van der Waals surface area (Å²) in [7, 11) is 0. The van der Waals surface area contributed by atoms with Crippen LogP contribution in [0.2, 0.25) is 0 Å². The molecule has 3 aromatic carbocycles. The fourth-order valence-corrected chi connectivity index (χ4v) is 11.1. The summed E-state index contributed by atoms with van der Waals surface area (Å²) in [5, 5.41) is 29.3. The van der Waals surface area contributed by atoms with Gasteiger partial charge in [-0.1, -0.05) is 19.9 Å². The zero-order valence-corrected chi connectivity index (χ0v) is 33.1. The van der Waals surface area contributed by atoms with Crippen molar-refractivity contribution < 1.29 is 14.7 Å². The van der Waals surface area contributed by atoms with E-state index in [9.17, 15) is 14.7 Å². The van der Waals surface area contributed by atoms with Gasteiger partial charge in [-0.2, -0.15) is 10.2 Å². The molecule has 0 fully saturated rings. The van der Waals surface area contributed by atoms with Crippen LogP contribution in [0.1, 0.15) is 90.8 Å². The van der Waals surface area contributed by atoms with Gasteiger partial charge in [0.2, 0.25) is 11.8 Å². The minimum absolute atomic E-state index is 0.00929. The van der Waals surface area contributed by atoms with Gasteiger partial charge in [0.1, 0.15) is 17.1 Å². The van der Waals surface area contributed by atoms with Crippen molar-refractivity contribution in [3.05, 3.63) is 93.3 Å². The molecule has 2 aliphatic carbocycles. The number of carbonyl (C=O) groups is 2. The second-order valence-electron chi connectivity index (χ2n) is 16.6. The summed E-state index contributed by atoms with van der Waals surface area (Å²) in [5.41, 5.74) is 17.5. The molecular weight excluding hydrogens is 713 g/mol. The van der Waals surface area contributed by atoms with Crippen LogP contribution in [0.3, 0.4) is 0 Å². The fourth-order valence-electron chi connectivity index (χ4n) is 11.1. The summed E-state index contributed by atoms with van der Waals surface area (Å²) >= 11 is 0. The van der Waals surface area contributed by atoms with Crippen LogP contribution in [-0.2, 0) is 47.1 Å². The minimum Gasteiger partial charge on any atom is -0.508 e. The standard InChI is InChI=1S/C46H46N8O3/c1-6-46(7-2)35-22-36-32(20-39(35)52(8-3)45(46)57)34-19-27(18-31-24(5)49-50-42(31)41(34)47-36)54-38-15-25-16-40(56)53(26-11-9-12-28(55)17-26)37(25)21-33(38)30-14-10-13-29-23(4)48-51-43(29)44(30)54/h9,11-12,15,17,20-22,27,47,55H,6-8,10,13-14,16,18-19H2,1-5H3,(H,48,51)(H,49,50). The van der Waals surface area contributed by atoms with E-state index in [0.717, 1.165) is 123 Å². The van der Waals surface area contributed by atoms with Gasteiger partial charge in [0.25, 0.3) is 0 Å². The van der Waals surface area contributed by atoms with Crippen molar-refractivity contribution in [2.75, 3.05) is 16.3 Å². The number of rotatable bonds is 5. The molecular formula is C46H46N8O3. The Morgan fingerprint density at radius 1 is 0.842 bits per heavy atom. The number of aromatic amines is 3. The monoisotopic (exact) mass is 758 g/mol. The Morgan fingerprint density at radius 2 is 1.58 bits per heavy atom. The number of benzene rings is 3. The van der Waals surface area contributed by atoms with Crippen molar-refractivity contribution in [3.63, 3.8) is 0 Å². The number of H-pyrrole nitrogens is 3. The van der Waals surface area contributed by atoms with Crippen LogP contribution in [0.4, 0.5) is 17.1 Å². The van der Waals surface area contributed by atoms with Gasteiger partial charge in [-0.3, -0.25) is 24.7 Å². The third-order valence-corrected chi connectivity index (χ3v) is 13.9. The average Bonchev–Trinajstić information content (AvgIpc) is 3.99. The number of aryl methyl sites for hydroxylation is 3. The van der Waals surface area contributed by atoms with Crippen molar-refractivity contribution in [2.24, 2.45) is 0 Å². The first kappa shape index (κ1) is 34.2. The maximum Gasteiger partial charge on any atom is 0.237 e. The number of hydrogen-bond acceptors (Lipinski definition) is 5. The van der Waals surface area contributed by atoms with E-state index in [4.69, 9.17) is 10.2 Å². The molecule has 11 nitrogen and oxygen atoms in total. The Kier molecular flexibility index (Phi) is 7.17. The molecule has 2 aliphatic heterocycles. The quantitative estimate of drug-likeness (QED) is 0.139. The first-order valence-electron chi connectivity index (χ1n) is 20.6. The molecule has 4 N–H and O–H groups in total. The van der Waals surface area contributed by atoms with Gasteiger partial charge >= 0.3 is 0 Å². The maximum absolute atomic E-state index is 14.1. The molecule has 0 saturated heterocycles. The SMILES string of the molecule is CCN1C(=O)C(CC)(CC)c2cc3[nH]c4c(c3cc21)CC(n1c2c(c3cc5c(cc31)CC(=O)N5c1cccc(O)c1)CCCc1c-2n[nH]c1C)Cc1c-4n[nH]c1C.